The lowest BCUT2D eigenvalue weighted by molar-refractivity contribution is -0.0166. The van der Waals surface area contributed by atoms with Crippen LogP contribution >= 0.6 is 11.3 Å². The molecule has 116 valence electrons. The molecule has 0 atom stereocenters. The van der Waals surface area contributed by atoms with Gasteiger partial charge in [-0.3, -0.25) is 0 Å². The fraction of sp³-hybridized carbons (Fsp3) is 0.600. The monoisotopic (exact) mass is 309 g/mol. The number of hydrogen-bond acceptors (Lipinski definition) is 6. The normalized spacial score (nSPS) is 11.9. The van der Waals surface area contributed by atoms with Crippen LogP contribution in [0.15, 0.2) is 6.07 Å². The number of anilines is 1. The fourth-order valence-electron chi connectivity index (χ4n) is 1.85. The molecule has 0 saturated heterocycles. The Hall–Kier alpha value is -1.40. The number of aromatic nitrogens is 2. The van der Waals surface area contributed by atoms with Crippen LogP contribution in [-0.2, 0) is 4.74 Å². The molecule has 21 heavy (non-hydrogen) atoms. The first-order valence-corrected chi connectivity index (χ1v) is 7.99. The van der Waals surface area contributed by atoms with Crippen molar-refractivity contribution >= 4 is 27.5 Å². The molecule has 2 rings (SSSR count). The average molecular weight is 309 g/mol. The van der Waals surface area contributed by atoms with Crippen LogP contribution in [0.2, 0.25) is 0 Å². The summed E-state index contributed by atoms with van der Waals surface area (Å²) in [4.78, 5) is 11.1. The number of nitrogens with zero attached hydrogens (tertiary/aromatic N) is 2. The lowest BCUT2D eigenvalue weighted by atomic mass is 10.2. The highest BCUT2D eigenvalue weighted by Crippen LogP contribution is 2.31. The van der Waals surface area contributed by atoms with Crippen molar-refractivity contribution in [3.8, 4) is 5.88 Å². The second-order valence-corrected chi connectivity index (χ2v) is 7.00. The largest absolute Gasteiger partial charge is 0.475 e. The van der Waals surface area contributed by atoms with Gasteiger partial charge in [0.1, 0.15) is 11.4 Å². The van der Waals surface area contributed by atoms with E-state index in [1.54, 1.807) is 11.3 Å². The Morgan fingerprint density at radius 1 is 1.24 bits per heavy atom. The molecule has 0 spiro atoms. The third-order valence-electron chi connectivity index (χ3n) is 2.67. The zero-order valence-electron chi connectivity index (χ0n) is 13.3. The molecular formula is C15H23N3O2S. The molecule has 6 heteroatoms. The summed E-state index contributed by atoms with van der Waals surface area (Å²) in [5.41, 5.74) is -0.155. The Kier molecular flexibility index (Phi) is 5.00. The molecule has 0 aliphatic heterocycles. The average Bonchev–Trinajstić information content (AvgIpc) is 2.74. The highest BCUT2D eigenvalue weighted by molar-refractivity contribution is 7.18. The zero-order chi connectivity index (χ0) is 15.5. The summed E-state index contributed by atoms with van der Waals surface area (Å²) in [6.07, 6.45) is 0. The van der Waals surface area contributed by atoms with Gasteiger partial charge >= 0.3 is 0 Å². The smallest absolute Gasteiger partial charge is 0.227 e. The second kappa shape index (κ2) is 6.58. The first kappa shape index (κ1) is 16.0. The van der Waals surface area contributed by atoms with Gasteiger partial charge in [-0.05, 0) is 40.7 Å². The molecule has 2 aromatic heterocycles. The standard InChI is InChI=1S/C15H23N3O2S/c1-6-16-14-17-12(19-7-8-20-15(3,4)5)11-9-10(2)21-13(11)18-14/h9H,6-8H2,1-5H3,(H,16,17,18). The van der Waals surface area contributed by atoms with E-state index in [0.29, 0.717) is 25.0 Å². The van der Waals surface area contributed by atoms with E-state index in [4.69, 9.17) is 9.47 Å². The molecule has 0 saturated carbocycles. The minimum atomic E-state index is -0.155. The van der Waals surface area contributed by atoms with Gasteiger partial charge in [-0.1, -0.05) is 0 Å². The van der Waals surface area contributed by atoms with E-state index in [2.05, 4.69) is 28.3 Å². The molecule has 0 aliphatic rings. The molecule has 1 N–H and O–H groups in total. The number of ether oxygens (including phenoxy) is 2. The van der Waals surface area contributed by atoms with E-state index < -0.39 is 0 Å². The van der Waals surface area contributed by atoms with Gasteiger partial charge in [0.05, 0.1) is 17.6 Å². The molecule has 0 unspecified atom stereocenters. The van der Waals surface area contributed by atoms with Crippen molar-refractivity contribution in [3.63, 3.8) is 0 Å². The number of thiophene rings is 1. The Bertz CT molecular complexity index is 605. The van der Waals surface area contributed by atoms with E-state index in [0.717, 1.165) is 16.8 Å². The summed E-state index contributed by atoms with van der Waals surface area (Å²) in [5, 5.41) is 4.10. The maximum atomic E-state index is 5.81. The lowest BCUT2D eigenvalue weighted by Gasteiger charge is -2.19. The van der Waals surface area contributed by atoms with Crippen LogP contribution in [-0.4, -0.2) is 35.3 Å². The first-order valence-electron chi connectivity index (χ1n) is 7.18. The van der Waals surface area contributed by atoms with Gasteiger partial charge in [0.2, 0.25) is 11.8 Å². The van der Waals surface area contributed by atoms with Gasteiger partial charge in [0, 0.05) is 11.4 Å². The molecule has 0 amide bonds. The summed E-state index contributed by atoms with van der Waals surface area (Å²) >= 11 is 1.65. The van der Waals surface area contributed by atoms with Gasteiger partial charge < -0.3 is 14.8 Å². The molecule has 5 nitrogen and oxygen atoms in total. The van der Waals surface area contributed by atoms with Crippen LogP contribution in [0.3, 0.4) is 0 Å². The SMILES string of the molecule is CCNc1nc(OCCOC(C)(C)C)c2cc(C)sc2n1. The van der Waals surface area contributed by atoms with Crippen LogP contribution in [0.4, 0.5) is 5.95 Å². The summed E-state index contributed by atoms with van der Waals surface area (Å²) < 4.78 is 11.5. The van der Waals surface area contributed by atoms with Crippen molar-refractivity contribution in [1.29, 1.82) is 0 Å². The van der Waals surface area contributed by atoms with Gasteiger partial charge in [-0.25, -0.2) is 4.98 Å². The molecule has 0 radical (unpaired) electrons. The Labute approximate surface area is 129 Å². The van der Waals surface area contributed by atoms with Crippen molar-refractivity contribution in [2.24, 2.45) is 0 Å². The number of rotatable bonds is 6. The maximum absolute atomic E-state index is 5.81. The van der Waals surface area contributed by atoms with Crippen molar-refractivity contribution in [3.05, 3.63) is 10.9 Å². The van der Waals surface area contributed by atoms with Gasteiger partial charge in [-0.15, -0.1) is 11.3 Å². The van der Waals surface area contributed by atoms with Crippen molar-refractivity contribution in [2.75, 3.05) is 25.1 Å². The van der Waals surface area contributed by atoms with Gasteiger partial charge in [-0.2, -0.15) is 4.98 Å². The van der Waals surface area contributed by atoms with Crippen molar-refractivity contribution in [1.82, 2.24) is 9.97 Å². The van der Waals surface area contributed by atoms with Crippen LogP contribution in [0, 0.1) is 6.92 Å². The molecule has 0 fully saturated rings. The van der Waals surface area contributed by atoms with Gasteiger partial charge in [0.15, 0.2) is 0 Å². The number of hydrogen-bond donors (Lipinski definition) is 1. The maximum Gasteiger partial charge on any atom is 0.227 e. The number of fused-ring (bicyclic) bond motifs is 1. The van der Waals surface area contributed by atoms with E-state index in [9.17, 15) is 0 Å². The van der Waals surface area contributed by atoms with E-state index >= 15 is 0 Å². The Balaban J connectivity index is 2.13. The van der Waals surface area contributed by atoms with Crippen LogP contribution < -0.4 is 10.1 Å². The molecule has 0 aliphatic carbocycles. The summed E-state index contributed by atoms with van der Waals surface area (Å²) in [6.45, 7) is 12.0. The summed E-state index contributed by atoms with van der Waals surface area (Å²) in [5.74, 6) is 1.23. The Morgan fingerprint density at radius 2 is 2.00 bits per heavy atom. The minimum absolute atomic E-state index is 0.155. The summed E-state index contributed by atoms with van der Waals surface area (Å²) in [6, 6.07) is 2.07. The lowest BCUT2D eigenvalue weighted by Crippen LogP contribution is -2.22. The first-order chi connectivity index (χ1) is 9.89. The second-order valence-electron chi connectivity index (χ2n) is 5.77. The highest BCUT2D eigenvalue weighted by Gasteiger charge is 2.13. The van der Waals surface area contributed by atoms with E-state index in [-0.39, 0.29) is 5.60 Å². The topological polar surface area (TPSA) is 56.3 Å². The predicted octanol–water partition coefficient (Wildman–Crippen LogP) is 3.63. The van der Waals surface area contributed by atoms with E-state index in [1.165, 1.54) is 4.88 Å². The minimum Gasteiger partial charge on any atom is -0.475 e. The molecule has 0 bridgehead atoms. The van der Waals surface area contributed by atoms with Crippen molar-refractivity contribution in [2.45, 2.75) is 40.2 Å². The third kappa shape index (κ3) is 4.54. The van der Waals surface area contributed by atoms with Crippen LogP contribution in [0.1, 0.15) is 32.6 Å². The molecule has 2 heterocycles. The summed E-state index contributed by atoms with van der Waals surface area (Å²) in [7, 11) is 0. The number of aryl methyl sites for hydroxylation is 1. The third-order valence-corrected chi connectivity index (χ3v) is 3.62. The molecular weight excluding hydrogens is 286 g/mol. The molecule has 0 aromatic carbocycles. The van der Waals surface area contributed by atoms with Crippen LogP contribution in [0.25, 0.3) is 10.2 Å². The number of nitrogens with one attached hydrogen (secondary N) is 1. The predicted molar refractivity (Wildman–Crippen MR) is 87.5 cm³/mol. The van der Waals surface area contributed by atoms with Gasteiger partial charge in [0.25, 0.3) is 0 Å². The Morgan fingerprint density at radius 3 is 2.67 bits per heavy atom. The molecule has 2 aromatic rings. The fourth-order valence-corrected chi connectivity index (χ4v) is 2.72. The zero-order valence-corrected chi connectivity index (χ0v) is 14.1. The quantitative estimate of drug-likeness (QED) is 0.826. The van der Waals surface area contributed by atoms with E-state index in [1.807, 2.05) is 27.7 Å². The van der Waals surface area contributed by atoms with Crippen molar-refractivity contribution < 1.29 is 9.47 Å². The van der Waals surface area contributed by atoms with Crippen LogP contribution in [0.5, 0.6) is 5.88 Å². The highest BCUT2D eigenvalue weighted by atomic mass is 32.1.